The van der Waals surface area contributed by atoms with Crippen LogP contribution in [0.3, 0.4) is 0 Å². The molecule has 8 heteroatoms. The Labute approximate surface area is 177 Å². The van der Waals surface area contributed by atoms with Crippen molar-refractivity contribution in [3.8, 4) is 0 Å². The summed E-state index contributed by atoms with van der Waals surface area (Å²) < 4.78 is 15.2. The van der Waals surface area contributed by atoms with Gasteiger partial charge in [0.2, 0.25) is 0 Å². The standard InChI is InChI=1S/C13H20O6.C7H6O2.C2H6/c1-8(14)17-7-12(18-9(2)15)13(19-10(3)16)11-5-4-6-11;8-7(9)6-4-2-1-3-5-6;1-2/h11-13H,4-7H2,1-3H3;1-5H,(H,8,9);1-2H3/t12-,13?;;/m1../s1. The molecule has 2 rings (SSSR count). The SMILES string of the molecule is CC.CC(=O)OC[C@@H](OC(C)=O)C(OC(C)=O)C1CCC1.O=C(O)c1ccccc1. The zero-order valence-electron chi connectivity index (χ0n) is 18.3. The van der Waals surface area contributed by atoms with Gasteiger partial charge in [-0.2, -0.15) is 0 Å². The maximum Gasteiger partial charge on any atom is 0.335 e. The molecular formula is C22H32O8. The van der Waals surface area contributed by atoms with Crippen LogP contribution in [0.15, 0.2) is 30.3 Å². The normalized spacial score (nSPS) is 14.2. The molecule has 1 unspecified atom stereocenters. The fourth-order valence-corrected chi connectivity index (χ4v) is 2.62. The van der Waals surface area contributed by atoms with Crippen LogP contribution in [0.4, 0.5) is 0 Å². The highest BCUT2D eigenvalue weighted by Gasteiger charge is 2.38. The lowest BCUT2D eigenvalue weighted by atomic mass is 9.79. The molecule has 0 saturated heterocycles. The van der Waals surface area contributed by atoms with Crippen molar-refractivity contribution >= 4 is 23.9 Å². The minimum Gasteiger partial charge on any atom is -0.478 e. The molecule has 1 aliphatic carbocycles. The van der Waals surface area contributed by atoms with Gasteiger partial charge >= 0.3 is 23.9 Å². The first kappa shape index (κ1) is 27.1. The maximum absolute atomic E-state index is 11.2. The highest BCUT2D eigenvalue weighted by Crippen LogP contribution is 2.33. The summed E-state index contributed by atoms with van der Waals surface area (Å²) in [6, 6.07) is 8.30. The molecule has 1 saturated carbocycles. The van der Waals surface area contributed by atoms with Crippen molar-refractivity contribution in [3.05, 3.63) is 35.9 Å². The molecule has 0 spiro atoms. The van der Waals surface area contributed by atoms with Gasteiger partial charge in [0.05, 0.1) is 5.56 Å². The molecule has 0 heterocycles. The number of carboxylic acids is 1. The summed E-state index contributed by atoms with van der Waals surface area (Å²) in [5.74, 6) is -2.11. The van der Waals surface area contributed by atoms with Gasteiger partial charge < -0.3 is 19.3 Å². The van der Waals surface area contributed by atoms with Gasteiger partial charge in [-0.15, -0.1) is 0 Å². The van der Waals surface area contributed by atoms with Crippen LogP contribution < -0.4 is 0 Å². The van der Waals surface area contributed by atoms with Crippen molar-refractivity contribution in [1.29, 1.82) is 0 Å². The van der Waals surface area contributed by atoms with Crippen LogP contribution in [-0.2, 0) is 28.6 Å². The number of hydrogen-bond donors (Lipinski definition) is 1. The van der Waals surface area contributed by atoms with Crippen molar-refractivity contribution in [2.75, 3.05) is 6.61 Å². The predicted octanol–water partition coefficient (Wildman–Crippen LogP) is 3.62. The lowest BCUT2D eigenvalue weighted by Crippen LogP contribution is -2.45. The average molecular weight is 424 g/mol. The Hall–Kier alpha value is -2.90. The smallest absolute Gasteiger partial charge is 0.335 e. The molecule has 0 aromatic heterocycles. The number of rotatable bonds is 7. The van der Waals surface area contributed by atoms with Gasteiger partial charge in [0.25, 0.3) is 0 Å². The van der Waals surface area contributed by atoms with Crippen molar-refractivity contribution in [1.82, 2.24) is 0 Å². The van der Waals surface area contributed by atoms with Crippen molar-refractivity contribution < 1.29 is 38.5 Å². The average Bonchev–Trinajstić information content (AvgIpc) is 2.65. The highest BCUT2D eigenvalue weighted by atomic mass is 16.6. The second-order valence-corrected chi connectivity index (χ2v) is 6.39. The molecule has 1 N–H and O–H groups in total. The number of ether oxygens (including phenoxy) is 3. The quantitative estimate of drug-likeness (QED) is 0.521. The van der Waals surface area contributed by atoms with E-state index in [4.69, 9.17) is 19.3 Å². The summed E-state index contributed by atoms with van der Waals surface area (Å²) in [6.07, 6.45) is 1.60. The molecule has 1 aromatic carbocycles. The van der Waals surface area contributed by atoms with Gasteiger partial charge in [0, 0.05) is 20.8 Å². The third-order valence-corrected chi connectivity index (χ3v) is 4.07. The molecule has 168 valence electrons. The van der Waals surface area contributed by atoms with E-state index >= 15 is 0 Å². The number of carboxylic acid groups (broad SMARTS) is 1. The third-order valence-electron chi connectivity index (χ3n) is 4.07. The Morgan fingerprint density at radius 3 is 1.80 bits per heavy atom. The van der Waals surface area contributed by atoms with Crippen LogP contribution in [0.1, 0.15) is 64.2 Å². The van der Waals surface area contributed by atoms with E-state index in [-0.39, 0.29) is 12.5 Å². The van der Waals surface area contributed by atoms with Crippen LogP contribution >= 0.6 is 0 Å². The van der Waals surface area contributed by atoms with Gasteiger partial charge in [0.15, 0.2) is 6.10 Å². The Bertz CT molecular complexity index is 667. The van der Waals surface area contributed by atoms with Crippen LogP contribution in [0.2, 0.25) is 0 Å². The van der Waals surface area contributed by atoms with E-state index in [0.29, 0.717) is 5.56 Å². The first-order valence-electron chi connectivity index (χ1n) is 9.96. The van der Waals surface area contributed by atoms with E-state index in [1.165, 1.54) is 20.8 Å². The first-order valence-corrected chi connectivity index (χ1v) is 9.96. The minimum atomic E-state index is -0.879. The van der Waals surface area contributed by atoms with Crippen LogP contribution in [-0.4, -0.2) is 47.8 Å². The van der Waals surface area contributed by atoms with E-state index < -0.39 is 36.1 Å². The summed E-state index contributed by atoms with van der Waals surface area (Å²) in [4.78, 5) is 43.3. The number of aromatic carboxylic acids is 1. The highest BCUT2D eigenvalue weighted by molar-refractivity contribution is 5.87. The second kappa shape index (κ2) is 15.0. The maximum atomic E-state index is 11.2. The molecule has 1 aromatic rings. The Morgan fingerprint density at radius 2 is 1.47 bits per heavy atom. The van der Waals surface area contributed by atoms with Gasteiger partial charge in [-0.3, -0.25) is 14.4 Å². The second-order valence-electron chi connectivity index (χ2n) is 6.39. The molecule has 1 aliphatic rings. The number of carbonyl (C=O) groups is 4. The third kappa shape index (κ3) is 11.2. The summed E-state index contributed by atoms with van der Waals surface area (Å²) in [5, 5.41) is 8.38. The number of benzene rings is 1. The molecule has 8 nitrogen and oxygen atoms in total. The molecule has 0 aliphatic heterocycles. The van der Waals surface area contributed by atoms with Crippen LogP contribution in [0.5, 0.6) is 0 Å². The summed E-state index contributed by atoms with van der Waals surface area (Å²) in [6.45, 7) is 7.76. The zero-order valence-corrected chi connectivity index (χ0v) is 18.3. The lowest BCUT2D eigenvalue weighted by Gasteiger charge is -2.36. The van der Waals surface area contributed by atoms with Gasteiger partial charge in [-0.25, -0.2) is 4.79 Å². The topological polar surface area (TPSA) is 116 Å². The Morgan fingerprint density at radius 1 is 0.933 bits per heavy atom. The largest absolute Gasteiger partial charge is 0.478 e. The Balaban J connectivity index is 0.000000636. The van der Waals surface area contributed by atoms with E-state index in [9.17, 15) is 19.2 Å². The summed E-state index contributed by atoms with van der Waals surface area (Å²) >= 11 is 0. The van der Waals surface area contributed by atoms with E-state index in [2.05, 4.69) is 0 Å². The van der Waals surface area contributed by atoms with Crippen molar-refractivity contribution in [2.24, 2.45) is 5.92 Å². The molecule has 0 amide bonds. The summed E-state index contributed by atoms with van der Waals surface area (Å²) in [7, 11) is 0. The van der Waals surface area contributed by atoms with Gasteiger partial charge in [-0.05, 0) is 30.9 Å². The van der Waals surface area contributed by atoms with E-state index in [1.807, 2.05) is 13.8 Å². The van der Waals surface area contributed by atoms with Crippen LogP contribution in [0.25, 0.3) is 0 Å². The van der Waals surface area contributed by atoms with Gasteiger partial charge in [-0.1, -0.05) is 38.5 Å². The first-order chi connectivity index (χ1) is 14.2. The van der Waals surface area contributed by atoms with Crippen molar-refractivity contribution in [2.45, 2.75) is 66.1 Å². The van der Waals surface area contributed by atoms with E-state index in [0.717, 1.165) is 19.3 Å². The van der Waals surface area contributed by atoms with E-state index in [1.54, 1.807) is 30.3 Å². The fraction of sp³-hybridized carbons (Fsp3) is 0.545. The predicted molar refractivity (Wildman–Crippen MR) is 110 cm³/mol. The molecular weight excluding hydrogens is 392 g/mol. The molecule has 0 bridgehead atoms. The lowest BCUT2D eigenvalue weighted by molar-refractivity contribution is -0.180. The molecule has 30 heavy (non-hydrogen) atoms. The van der Waals surface area contributed by atoms with Crippen LogP contribution in [0, 0.1) is 5.92 Å². The fourth-order valence-electron chi connectivity index (χ4n) is 2.62. The van der Waals surface area contributed by atoms with Gasteiger partial charge in [0.1, 0.15) is 12.7 Å². The Kier molecular flexibility index (Phi) is 13.6. The minimum absolute atomic E-state index is 0.0939. The van der Waals surface area contributed by atoms with Crippen molar-refractivity contribution in [3.63, 3.8) is 0 Å². The number of hydrogen-bond acceptors (Lipinski definition) is 7. The number of carbonyl (C=O) groups excluding carboxylic acids is 3. The number of esters is 3. The zero-order chi connectivity index (χ0) is 23.1. The summed E-state index contributed by atoms with van der Waals surface area (Å²) in [5.41, 5.74) is 0.331. The molecule has 2 atom stereocenters. The molecule has 0 radical (unpaired) electrons. The molecule has 1 fully saturated rings. The monoisotopic (exact) mass is 424 g/mol.